The molecule has 0 saturated carbocycles. The van der Waals surface area contributed by atoms with Crippen LogP contribution in [-0.4, -0.2) is 59.5 Å². The maximum atomic E-state index is 7.75. The molecule has 1 N–H and O–H groups in total. The first-order valence-corrected chi connectivity index (χ1v) is 12.8. The fourth-order valence-electron chi connectivity index (χ4n) is 2.93. The van der Waals surface area contributed by atoms with E-state index in [2.05, 4.69) is 62.0 Å². The number of pyridine rings is 2. The first kappa shape index (κ1) is 40.7. The maximum absolute atomic E-state index is 7.75. The van der Waals surface area contributed by atoms with E-state index in [1.165, 1.54) is 6.16 Å². The molecule has 0 aromatic carbocycles. The normalized spacial score (nSPS) is 9.35. The van der Waals surface area contributed by atoms with E-state index in [9.17, 15) is 0 Å². The fourth-order valence-corrected chi connectivity index (χ4v) is 5.84. The van der Waals surface area contributed by atoms with Gasteiger partial charge in [0.25, 0.3) is 0 Å². The topological polar surface area (TPSA) is 91.3 Å². The Morgan fingerprint density at radius 2 is 1.26 bits per heavy atom. The number of carbonyl (C=O) groups excluding carboxylic acids is 1. The number of rotatable bonds is 11. The number of aliphatic hydroxyl groups is 1. The Bertz CT molecular complexity index is 619. The van der Waals surface area contributed by atoms with Crippen LogP contribution in [-0.2, 0) is 56.8 Å². The molecule has 0 aliphatic heterocycles. The average molecular weight is 666 g/mol. The number of hydrogen-bond donors (Lipinski definition) is 1. The van der Waals surface area contributed by atoms with Crippen molar-refractivity contribution >= 4 is 14.7 Å². The summed E-state index contributed by atoms with van der Waals surface area (Å²) in [6.07, 6.45) is 5.79. The molecule has 0 aliphatic carbocycles. The predicted molar refractivity (Wildman–Crippen MR) is 143 cm³/mol. The molecule has 0 saturated heterocycles. The molecule has 0 unspecified atom stereocenters. The molecular formula is C25H44N4O2PRu2+3. The van der Waals surface area contributed by atoms with Gasteiger partial charge in [-0.15, -0.1) is 19.6 Å². The zero-order chi connectivity index (χ0) is 24.6. The average Bonchev–Trinajstić information content (AvgIpc) is 2.83. The van der Waals surface area contributed by atoms with E-state index in [0.29, 0.717) is 0 Å². The van der Waals surface area contributed by atoms with Crippen LogP contribution in [0.2, 0.25) is 0 Å². The van der Waals surface area contributed by atoms with E-state index in [-0.39, 0.29) is 46.9 Å². The van der Waals surface area contributed by atoms with Gasteiger partial charge >= 0.3 is 39.0 Å². The Hall–Kier alpha value is -0.473. The van der Waals surface area contributed by atoms with Crippen molar-refractivity contribution in [3.05, 3.63) is 77.7 Å². The molecule has 0 atom stereocenters. The Balaban J connectivity index is -0.000000231. The molecule has 34 heavy (non-hydrogen) atoms. The van der Waals surface area contributed by atoms with Crippen LogP contribution in [0.15, 0.2) is 48.8 Å². The van der Waals surface area contributed by atoms with Crippen molar-refractivity contribution in [3.8, 4) is 0 Å². The van der Waals surface area contributed by atoms with E-state index in [0.717, 1.165) is 62.4 Å². The molecule has 0 fully saturated rings. The third kappa shape index (κ3) is 23.3. The Kier molecular flexibility index (Phi) is 36.6. The summed E-state index contributed by atoms with van der Waals surface area (Å²) in [5.41, 5.74) is 3.81. The molecule has 2 heterocycles. The standard InChI is InChI=1S/C14H24N2P.C9H12N2.CH4O.CHO.2Ru.2H/c1-12(2)17(13(3)4)10-9-15-11-14-7-5-6-8-16-14;1-2-6-10-8-9-5-3-4-7-11-9;2*1-2;;;;/h5-8,12-13H,9-11H2,1-4H3;3-5,7H,1-2,6,8H2;2H,1H3;1H;;;;/q-1;-2;;-1;2*+3;;/p+1. The van der Waals surface area contributed by atoms with Gasteiger partial charge in [-0.2, -0.15) is 6.54 Å². The summed E-state index contributed by atoms with van der Waals surface area (Å²) in [7, 11) is 0.753. The van der Waals surface area contributed by atoms with E-state index in [1.807, 2.05) is 42.6 Å². The molecule has 0 bridgehead atoms. The summed E-state index contributed by atoms with van der Waals surface area (Å²) in [5.74, 6) is 0. The van der Waals surface area contributed by atoms with Gasteiger partial charge in [-0.1, -0.05) is 12.1 Å². The molecule has 2 aromatic rings. The van der Waals surface area contributed by atoms with Crippen molar-refractivity contribution in [2.24, 2.45) is 0 Å². The summed E-state index contributed by atoms with van der Waals surface area (Å²) in [6, 6.07) is 11.9. The van der Waals surface area contributed by atoms with Crippen molar-refractivity contribution < 1.29 is 48.9 Å². The number of hydrogen-bond acceptors (Lipinski definition) is 4. The van der Waals surface area contributed by atoms with Crippen LogP contribution in [0.1, 0.15) is 45.5 Å². The predicted octanol–water partition coefficient (Wildman–Crippen LogP) is 4.96. The molecule has 9 heteroatoms. The zero-order valence-electron chi connectivity index (χ0n) is 21.2. The molecule has 0 amide bonds. The second-order valence-electron chi connectivity index (χ2n) is 7.34. The third-order valence-electron chi connectivity index (χ3n) is 4.36. The molecule has 2 rings (SSSR count). The summed E-state index contributed by atoms with van der Waals surface area (Å²) in [4.78, 5) is 16.2. The van der Waals surface area contributed by atoms with Crippen molar-refractivity contribution in [1.82, 2.24) is 9.97 Å². The number of nitrogens with zero attached hydrogens (tertiary/aromatic N) is 4. The summed E-state index contributed by atoms with van der Waals surface area (Å²) < 4.78 is 0. The molecule has 0 spiro atoms. The van der Waals surface area contributed by atoms with Gasteiger partial charge in [0.2, 0.25) is 0 Å². The van der Waals surface area contributed by atoms with E-state index in [1.54, 1.807) is 6.20 Å². The monoisotopic (exact) mass is 667 g/mol. The van der Waals surface area contributed by atoms with Gasteiger partial charge in [-0.05, 0) is 52.0 Å². The quantitative estimate of drug-likeness (QED) is 0.121. The first-order chi connectivity index (χ1) is 15.5. The van der Waals surface area contributed by atoms with Crippen LogP contribution >= 0.6 is 7.92 Å². The van der Waals surface area contributed by atoms with Gasteiger partial charge < -0.3 is 27.5 Å². The third-order valence-corrected chi connectivity index (χ3v) is 8.13. The van der Waals surface area contributed by atoms with Crippen molar-refractivity contribution in [1.29, 1.82) is 0 Å². The van der Waals surface area contributed by atoms with Crippen molar-refractivity contribution in [2.75, 3.05) is 26.4 Å². The van der Waals surface area contributed by atoms with Crippen LogP contribution in [0.25, 0.3) is 10.6 Å². The molecule has 2 aromatic heterocycles. The van der Waals surface area contributed by atoms with E-state index >= 15 is 0 Å². The van der Waals surface area contributed by atoms with Gasteiger partial charge in [0.05, 0.1) is 11.3 Å². The molecular weight excluding hydrogens is 621 g/mol. The van der Waals surface area contributed by atoms with Gasteiger partial charge in [0, 0.05) is 45.0 Å². The van der Waals surface area contributed by atoms with E-state index < -0.39 is 0 Å². The Labute approximate surface area is 235 Å². The minimum atomic E-state index is -0.247. The number of aliphatic hydroxyl groups excluding tert-OH is 1. The Morgan fingerprint density at radius 1 is 0.853 bits per heavy atom. The van der Waals surface area contributed by atoms with Crippen LogP contribution in [0.5, 0.6) is 0 Å². The van der Waals surface area contributed by atoms with E-state index in [4.69, 9.17) is 9.90 Å². The van der Waals surface area contributed by atoms with Gasteiger partial charge in [-0.3, -0.25) is 16.8 Å². The second kappa shape index (κ2) is 30.6. The zero-order valence-corrected chi connectivity index (χ0v) is 25.9. The SMILES string of the molecule is CC(C)[PH+](CC[N-]Cc1ccccn1)C(C)C.CO.[CH-]=O.[CH2-]CC[N-]Cc1ccccn1.[RuH+3].[RuH+3]. The summed E-state index contributed by atoms with van der Waals surface area (Å²) in [6.45, 7) is 19.7. The summed E-state index contributed by atoms with van der Waals surface area (Å²) in [5, 5.41) is 15.8. The van der Waals surface area contributed by atoms with Crippen LogP contribution in [0.3, 0.4) is 0 Å². The van der Waals surface area contributed by atoms with Gasteiger partial charge in [0.15, 0.2) is 0 Å². The molecule has 0 aliphatic rings. The van der Waals surface area contributed by atoms with Crippen molar-refractivity contribution in [3.63, 3.8) is 0 Å². The Morgan fingerprint density at radius 3 is 1.59 bits per heavy atom. The summed E-state index contributed by atoms with van der Waals surface area (Å²) >= 11 is 0. The van der Waals surface area contributed by atoms with Gasteiger partial charge in [-0.25, -0.2) is 6.42 Å². The van der Waals surface area contributed by atoms with Crippen LogP contribution in [0, 0.1) is 6.92 Å². The minimum absolute atomic E-state index is 0. The first-order valence-electron chi connectivity index (χ1n) is 10.9. The van der Waals surface area contributed by atoms with Gasteiger partial charge in [0.1, 0.15) is 0 Å². The molecule has 6 nitrogen and oxygen atoms in total. The number of aromatic nitrogens is 2. The second-order valence-corrected chi connectivity index (χ2v) is 11.3. The van der Waals surface area contributed by atoms with Crippen LogP contribution < -0.4 is 0 Å². The molecule has 2 radical (unpaired) electrons. The van der Waals surface area contributed by atoms with Crippen molar-refractivity contribution in [2.45, 2.75) is 58.5 Å². The van der Waals surface area contributed by atoms with Crippen LogP contribution in [0.4, 0.5) is 0 Å². The molecule has 194 valence electrons. The fraction of sp³-hybridized carbons (Fsp3) is 0.520.